The number of carboxylic acids is 1. The van der Waals surface area contributed by atoms with Gasteiger partial charge < -0.3 is 5.11 Å². The van der Waals surface area contributed by atoms with Crippen LogP contribution in [0.4, 0.5) is 0 Å². The Labute approximate surface area is 162 Å². The smallest absolute Gasteiger partial charge is 0.311 e. The molecule has 5 fully saturated rings. The third-order valence-electron chi connectivity index (χ3n) is 7.82. The second kappa shape index (κ2) is 7.38. The van der Waals surface area contributed by atoms with Crippen LogP contribution in [-0.4, -0.2) is 34.7 Å². The van der Waals surface area contributed by atoms with E-state index in [-0.39, 0.29) is 23.8 Å². The van der Waals surface area contributed by atoms with E-state index in [1.807, 2.05) is 13.8 Å². The van der Waals surface area contributed by atoms with Gasteiger partial charge in [-0.2, -0.15) is 0 Å². The molecule has 1 N–H and O–H groups in total. The number of hydrogen-bond acceptors (Lipinski definition) is 3. The molecule has 0 heterocycles. The Morgan fingerprint density at radius 3 is 2.26 bits per heavy atom. The highest BCUT2D eigenvalue weighted by atomic mass is 16.7. The first-order valence-electron chi connectivity index (χ1n) is 11.1. The van der Waals surface area contributed by atoms with Crippen molar-refractivity contribution in [2.75, 3.05) is 6.61 Å². The van der Waals surface area contributed by atoms with Crippen LogP contribution >= 0.6 is 0 Å². The van der Waals surface area contributed by atoms with Gasteiger partial charge in [0.1, 0.15) is 0 Å². The molecule has 5 nitrogen and oxygen atoms in total. The van der Waals surface area contributed by atoms with Gasteiger partial charge in [-0.1, -0.05) is 33.1 Å². The van der Waals surface area contributed by atoms with E-state index in [2.05, 4.69) is 0 Å². The molecule has 5 saturated carbocycles. The second-order valence-corrected chi connectivity index (χ2v) is 10.1. The number of carbonyl (C=O) groups excluding carboxylic acids is 1. The van der Waals surface area contributed by atoms with Crippen molar-refractivity contribution in [2.24, 2.45) is 35.0 Å². The summed E-state index contributed by atoms with van der Waals surface area (Å²) in [5.41, 5.74) is -0.800. The van der Waals surface area contributed by atoms with Gasteiger partial charge in [0.25, 0.3) is 0 Å². The summed E-state index contributed by atoms with van der Waals surface area (Å²) in [5.74, 6) is 0.881. The summed E-state index contributed by atoms with van der Waals surface area (Å²) >= 11 is 0. The summed E-state index contributed by atoms with van der Waals surface area (Å²) in [6, 6.07) is -0.290. The van der Waals surface area contributed by atoms with E-state index in [0.717, 1.165) is 25.7 Å². The first kappa shape index (κ1) is 19.2. The number of amides is 1. The van der Waals surface area contributed by atoms with E-state index >= 15 is 0 Å². The Balaban J connectivity index is 1.59. The fraction of sp³-hybridized carbons (Fsp3) is 0.909. The Morgan fingerprint density at radius 2 is 1.70 bits per heavy atom. The molecular weight excluding hydrogens is 342 g/mol. The van der Waals surface area contributed by atoms with Crippen LogP contribution in [0, 0.1) is 35.0 Å². The van der Waals surface area contributed by atoms with E-state index in [4.69, 9.17) is 4.84 Å². The molecule has 0 aliphatic heterocycles. The number of aliphatic carboxylic acids is 1. The maximum Gasteiger partial charge on any atom is 0.311 e. The number of hydrogen-bond donors (Lipinski definition) is 1. The molecule has 27 heavy (non-hydrogen) atoms. The molecule has 1 amide bonds. The zero-order chi connectivity index (χ0) is 19.2. The standard InChI is InChI=1S/C22H35NO4/c1-14(2)20(24)23(27-13-15-6-4-3-5-7-15)19-18-9-16-8-17(10-18)12-22(19,11-16)21(25)26/h14-19H,3-13H2,1-2H3,(H,25,26). The fourth-order valence-corrected chi connectivity index (χ4v) is 6.81. The molecule has 4 bridgehead atoms. The van der Waals surface area contributed by atoms with E-state index in [1.165, 1.54) is 25.7 Å². The summed E-state index contributed by atoms with van der Waals surface area (Å²) in [6.45, 7) is 4.34. The van der Waals surface area contributed by atoms with Crippen molar-refractivity contribution >= 4 is 11.9 Å². The molecule has 0 saturated heterocycles. The summed E-state index contributed by atoms with van der Waals surface area (Å²) in [4.78, 5) is 31.8. The lowest BCUT2D eigenvalue weighted by molar-refractivity contribution is -0.258. The Hall–Kier alpha value is -1.10. The minimum absolute atomic E-state index is 0.0380. The van der Waals surface area contributed by atoms with Crippen LogP contribution < -0.4 is 0 Å². The number of carbonyl (C=O) groups is 2. The number of rotatable bonds is 6. The summed E-state index contributed by atoms with van der Waals surface area (Å²) in [6.07, 6.45) is 10.8. The summed E-state index contributed by atoms with van der Waals surface area (Å²) in [5, 5.41) is 11.8. The molecule has 5 heteroatoms. The minimum Gasteiger partial charge on any atom is -0.481 e. The van der Waals surface area contributed by atoms with Gasteiger partial charge in [0, 0.05) is 5.92 Å². The van der Waals surface area contributed by atoms with Crippen LogP contribution in [0.2, 0.25) is 0 Å². The maximum absolute atomic E-state index is 13.1. The normalized spacial score (nSPS) is 38.3. The van der Waals surface area contributed by atoms with Crippen LogP contribution in [0.5, 0.6) is 0 Å². The van der Waals surface area contributed by atoms with Crippen molar-refractivity contribution in [2.45, 2.75) is 84.1 Å². The molecule has 5 rings (SSSR count). The third kappa shape index (κ3) is 3.41. The van der Waals surface area contributed by atoms with E-state index < -0.39 is 11.4 Å². The van der Waals surface area contributed by atoms with Crippen LogP contribution in [0.15, 0.2) is 0 Å². The third-order valence-corrected chi connectivity index (χ3v) is 7.82. The van der Waals surface area contributed by atoms with Crippen LogP contribution in [0.1, 0.15) is 78.1 Å². The number of carboxylic acid groups (broad SMARTS) is 1. The predicted molar refractivity (Wildman–Crippen MR) is 102 cm³/mol. The fourth-order valence-electron chi connectivity index (χ4n) is 6.81. The monoisotopic (exact) mass is 377 g/mol. The molecule has 0 spiro atoms. The molecule has 152 valence electrons. The van der Waals surface area contributed by atoms with Gasteiger partial charge in [-0.15, -0.1) is 0 Å². The lowest BCUT2D eigenvalue weighted by Crippen LogP contribution is -2.66. The SMILES string of the molecule is CC(C)C(=O)N(OCC1CCCCC1)C1C2CC3CC(C2)CC1(C(=O)O)C3. The van der Waals surface area contributed by atoms with Crippen molar-refractivity contribution in [3.8, 4) is 0 Å². The number of nitrogens with zero attached hydrogens (tertiary/aromatic N) is 1. The minimum atomic E-state index is -0.800. The molecule has 5 aliphatic rings. The molecular formula is C22H35NO4. The first-order valence-corrected chi connectivity index (χ1v) is 11.1. The lowest BCUT2D eigenvalue weighted by Gasteiger charge is -2.60. The largest absolute Gasteiger partial charge is 0.481 e. The number of hydroxylamine groups is 2. The summed E-state index contributed by atoms with van der Waals surface area (Å²) < 4.78 is 0. The van der Waals surface area contributed by atoms with Crippen LogP contribution in [-0.2, 0) is 14.4 Å². The molecule has 0 radical (unpaired) electrons. The van der Waals surface area contributed by atoms with E-state index in [9.17, 15) is 14.7 Å². The average Bonchev–Trinajstić information content (AvgIpc) is 2.63. The second-order valence-electron chi connectivity index (χ2n) is 10.1. The van der Waals surface area contributed by atoms with Gasteiger partial charge in [0.2, 0.25) is 5.91 Å². The molecule has 0 aromatic rings. The van der Waals surface area contributed by atoms with Gasteiger partial charge in [0.05, 0.1) is 18.1 Å². The Morgan fingerprint density at radius 1 is 1.07 bits per heavy atom. The molecule has 0 aromatic heterocycles. The van der Waals surface area contributed by atoms with Crippen molar-refractivity contribution in [3.05, 3.63) is 0 Å². The van der Waals surface area contributed by atoms with Crippen molar-refractivity contribution in [1.82, 2.24) is 5.06 Å². The quantitative estimate of drug-likeness (QED) is 0.702. The van der Waals surface area contributed by atoms with Gasteiger partial charge in [0.15, 0.2) is 0 Å². The van der Waals surface area contributed by atoms with E-state index in [1.54, 1.807) is 5.06 Å². The first-order chi connectivity index (χ1) is 12.9. The molecule has 3 unspecified atom stereocenters. The van der Waals surface area contributed by atoms with Gasteiger partial charge in [-0.3, -0.25) is 14.4 Å². The van der Waals surface area contributed by atoms with Crippen LogP contribution in [0.3, 0.4) is 0 Å². The molecule has 5 aliphatic carbocycles. The van der Waals surface area contributed by atoms with Gasteiger partial charge in [-0.05, 0) is 68.6 Å². The highest BCUT2D eigenvalue weighted by Gasteiger charge is 2.63. The predicted octanol–water partition coefficient (Wildman–Crippen LogP) is 4.26. The van der Waals surface area contributed by atoms with Crippen molar-refractivity contribution < 1.29 is 19.5 Å². The van der Waals surface area contributed by atoms with Crippen molar-refractivity contribution in [1.29, 1.82) is 0 Å². The Bertz CT molecular complexity index is 569. The van der Waals surface area contributed by atoms with Crippen molar-refractivity contribution in [3.63, 3.8) is 0 Å². The summed E-state index contributed by atoms with van der Waals surface area (Å²) in [7, 11) is 0. The lowest BCUT2D eigenvalue weighted by atomic mass is 9.47. The van der Waals surface area contributed by atoms with Gasteiger partial charge >= 0.3 is 5.97 Å². The highest BCUT2D eigenvalue weighted by Crippen LogP contribution is 2.61. The van der Waals surface area contributed by atoms with E-state index in [0.29, 0.717) is 37.2 Å². The molecule has 0 aromatic carbocycles. The zero-order valence-electron chi connectivity index (χ0n) is 16.9. The Kier molecular flexibility index (Phi) is 5.26. The highest BCUT2D eigenvalue weighted by molar-refractivity contribution is 5.81. The van der Waals surface area contributed by atoms with Crippen LogP contribution in [0.25, 0.3) is 0 Å². The average molecular weight is 378 g/mol. The van der Waals surface area contributed by atoms with Gasteiger partial charge in [-0.25, -0.2) is 5.06 Å². The topological polar surface area (TPSA) is 66.8 Å². The molecule has 3 atom stereocenters. The zero-order valence-corrected chi connectivity index (χ0v) is 16.9. The maximum atomic E-state index is 13.1.